The first-order valence-corrected chi connectivity index (χ1v) is 9.39. The molecule has 0 spiro atoms. The molecule has 30 heavy (non-hydrogen) atoms. The number of nitrogens with one attached hydrogen (secondary N) is 2. The van der Waals surface area contributed by atoms with Crippen LogP contribution >= 0.6 is 11.6 Å². The minimum absolute atomic E-state index is 0.0165. The van der Waals surface area contributed by atoms with Crippen LogP contribution in [0.25, 0.3) is 0 Å². The minimum Gasteiger partial charge on any atom is -0.452 e. The highest BCUT2D eigenvalue weighted by atomic mass is 35.5. The molecule has 0 saturated heterocycles. The van der Waals surface area contributed by atoms with Crippen molar-refractivity contribution in [2.24, 2.45) is 0 Å². The van der Waals surface area contributed by atoms with Crippen LogP contribution in [0.3, 0.4) is 0 Å². The second-order valence-electron chi connectivity index (χ2n) is 6.30. The molecule has 0 radical (unpaired) electrons. The Hall–Kier alpha value is -3.46. The number of rotatable bonds is 9. The number of hydrogen-bond donors (Lipinski definition) is 2. The first-order valence-electron chi connectivity index (χ1n) is 9.01. The summed E-state index contributed by atoms with van der Waals surface area (Å²) in [5, 5.41) is 15.8. The largest absolute Gasteiger partial charge is 0.452 e. The van der Waals surface area contributed by atoms with Crippen LogP contribution < -0.4 is 10.6 Å². The van der Waals surface area contributed by atoms with Gasteiger partial charge in [0, 0.05) is 18.7 Å². The molecule has 0 bridgehead atoms. The standard InChI is InChI=1S/C20H20ClN3O6/c1-13(20(27)23-17-8-7-15(24(28)29)12-16(17)21)30-19(26)9-10-22-18(25)11-14-5-3-2-4-6-14/h2-8,12-13H,9-11H2,1H3,(H,22,25)(H,23,27). The van der Waals surface area contributed by atoms with Crippen molar-refractivity contribution in [3.05, 3.63) is 69.2 Å². The van der Waals surface area contributed by atoms with Crippen molar-refractivity contribution in [1.29, 1.82) is 0 Å². The fourth-order valence-electron chi connectivity index (χ4n) is 2.41. The molecule has 0 aliphatic carbocycles. The van der Waals surface area contributed by atoms with Crippen LogP contribution in [0.4, 0.5) is 11.4 Å². The second kappa shape index (κ2) is 10.9. The van der Waals surface area contributed by atoms with Crippen LogP contribution in [0.1, 0.15) is 18.9 Å². The van der Waals surface area contributed by atoms with Crippen LogP contribution in [-0.4, -0.2) is 35.4 Å². The summed E-state index contributed by atoms with van der Waals surface area (Å²) in [7, 11) is 0. The lowest BCUT2D eigenvalue weighted by atomic mass is 10.1. The van der Waals surface area contributed by atoms with E-state index in [9.17, 15) is 24.5 Å². The molecule has 0 aromatic heterocycles. The van der Waals surface area contributed by atoms with E-state index in [1.165, 1.54) is 19.1 Å². The fraction of sp³-hybridized carbons (Fsp3) is 0.250. The predicted octanol–water partition coefficient (Wildman–Crippen LogP) is 2.87. The van der Waals surface area contributed by atoms with E-state index in [1.807, 2.05) is 30.3 Å². The number of anilines is 1. The lowest BCUT2D eigenvalue weighted by Crippen LogP contribution is -2.32. The number of amides is 2. The van der Waals surface area contributed by atoms with Crippen molar-refractivity contribution in [2.75, 3.05) is 11.9 Å². The summed E-state index contributed by atoms with van der Waals surface area (Å²) in [5.41, 5.74) is 0.794. The molecule has 158 valence electrons. The van der Waals surface area contributed by atoms with Gasteiger partial charge < -0.3 is 15.4 Å². The Kier molecular flexibility index (Phi) is 8.30. The molecule has 0 fully saturated rings. The topological polar surface area (TPSA) is 128 Å². The number of nitro benzene ring substituents is 1. The van der Waals surface area contributed by atoms with E-state index >= 15 is 0 Å². The van der Waals surface area contributed by atoms with Crippen molar-refractivity contribution in [2.45, 2.75) is 25.9 Å². The summed E-state index contributed by atoms with van der Waals surface area (Å²) in [6.07, 6.45) is -1.02. The summed E-state index contributed by atoms with van der Waals surface area (Å²) in [6.45, 7) is 1.45. The highest BCUT2D eigenvalue weighted by Crippen LogP contribution is 2.26. The third-order valence-electron chi connectivity index (χ3n) is 3.96. The number of hydrogen-bond acceptors (Lipinski definition) is 6. The number of benzene rings is 2. The van der Waals surface area contributed by atoms with Gasteiger partial charge in [-0.05, 0) is 18.6 Å². The molecule has 0 heterocycles. The Balaban J connectivity index is 1.75. The maximum atomic E-state index is 12.2. The molecule has 0 saturated carbocycles. The smallest absolute Gasteiger partial charge is 0.308 e. The molecule has 2 aromatic rings. The number of esters is 1. The van der Waals surface area contributed by atoms with Crippen LogP contribution in [0.2, 0.25) is 5.02 Å². The Labute approximate surface area is 177 Å². The molecule has 0 aliphatic heterocycles. The van der Waals surface area contributed by atoms with Gasteiger partial charge in [0.05, 0.1) is 28.5 Å². The third kappa shape index (κ3) is 7.17. The van der Waals surface area contributed by atoms with Gasteiger partial charge in [-0.2, -0.15) is 0 Å². The van der Waals surface area contributed by atoms with Crippen molar-refractivity contribution in [3.8, 4) is 0 Å². The summed E-state index contributed by atoms with van der Waals surface area (Å²) >= 11 is 5.92. The van der Waals surface area contributed by atoms with Crippen LogP contribution in [0, 0.1) is 10.1 Å². The molecule has 9 nitrogen and oxygen atoms in total. The van der Waals surface area contributed by atoms with Crippen LogP contribution in [0.15, 0.2) is 48.5 Å². The molecule has 10 heteroatoms. The van der Waals surface area contributed by atoms with Gasteiger partial charge in [-0.3, -0.25) is 24.5 Å². The monoisotopic (exact) mass is 433 g/mol. The van der Waals surface area contributed by atoms with Gasteiger partial charge in [0.25, 0.3) is 11.6 Å². The van der Waals surface area contributed by atoms with Gasteiger partial charge in [-0.1, -0.05) is 41.9 Å². The molecule has 2 rings (SSSR count). The van der Waals surface area contributed by atoms with E-state index in [1.54, 1.807) is 0 Å². The zero-order valence-electron chi connectivity index (χ0n) is 16.1. The van der Waals surface area contributed by atoms with Gasteiger partial charge in [0.15, 0.2) is 6.10 Å². The maximum absolute atomic E-state index is 12.2. The molecule has 2 N–H and O–H groups in total. The first kappa shape index (κ1) is 22.8. The fourth-order valence-corrected chi connectivity index (χ4v) is 2.63. The molecule has 1 unspecified atom stereocenters. The highest BCUT2D eigenvalue weighted by Gasteiger charge is 2.19. The zero-order chi connectivity index (χ0) is 22.1. The molecule has 2 amide bonds. The lowest BCUT2D eigenvalue weighted by molar-refractivity contribution is -0.384. The summed E-state index contributed by atoms with van der Waals surface area (Å²) < 4.78 is 5.03. The van der Waals surface area contributed by atoms with E-state index in [0.29, 0.717) is 0 Å². The third-order valence-corrected chi connectivity index (χ3v) is 4.27. The Morgan fingerprint density at radius 3 is 2.50 bits per heavy atom. The number of carbonyl (C=O) groups excluding carboxylic acids is 3. The SMILES string of the molecule is CC(OC(=O)CCNC(=O)Cc1ccccc1)C(=O)Nc1ccc([N+](=O)[O-])cc1Cl. The maximum Gasteiger partial charge on any atom is 0.308 e. The van der Waals surface area contributed by atoms with E-state index in [0.717, 1.165) is 11.6 Å². The number of ether oxygens (including phenoxy) is 1. The van der Waals surface area contributed by atoms with Crippen molar-refractivity contribution < 1.29 is 24.0 Å². The number of nitrogens with zero attached hydrogens (tertiary/aromatic N) is 1. The summed E-state index contributed by atoms with van der Waals surface area (Å²) in [4.78, 5) is 46.0. The van der Waals surface area contributed by atoms with Crippen molar-refractivity contribution in [1.82, 2.24) is 5.32 Å². The van der Waals surface area contributed by atoms with Crippen molar-refractivity contribution in [3.63, 3.8) is 0 Å². The number of non-ortho nitro benzene ring substituents is 1. The molecular formula is C20H20ClN3O6. The van der Waals surface area contributed by atoms with Gasteiger partial charge >= 0.3 is 5.97 Å². The number of carbonyl (C=O) groups is 3. The average Bonchev–Trinajstić information content (AvgIpc) is 2.69. The Morgan fingerprint density at radius 2 is 1.87 bits per heavy atom. The molecule has 2 aromatic carbocycles. The lowest BCUT2D eigenvalue weighted by Gasteiger charge is -2.14. The van der Waals surface area contributed by atoms with E-state index in [4.69, 9.17) is 16.3 Å². The van der Waals surface area contributed by atoms with E-state index < -0.39 is 22.9 Å². The normalized spacial score (nSPS) is 11.3. The van der Waals surface area contributed by atoms with Crippen LogP contribution in [0.5, 0.6) is 0 Å². The molecule has 0 aliphatic rings. The Morgan fingerprint density at radius 1 is 1.17 bits per heavy atom. The summed E-state index contributed by atoms with van der Waals surface area (Å²) in [6, 6.07) is 12.7. The number of halogens is 1. The van der Waals surface area contributed by atoms with Gasteiger partial charge in [-0.25, -0.2) is 0 Å². The number of nitro groups is 1. The van der Waals surface area contributed by atoms with Gasteiger partial charge in [0.2, 0.25) is 5.91 Å². The molecular weight excluding hydrogens is 414 g/mol. The molecule has 1 atom stereocenters. The minimum atomic E-state index is -1.12. The quantitative estimate of drug-likeness (QED) is 0.355. The predicted molar refractivity (Wildman–Crippen MR) is 110 cm³/mol. The zero-order valence-corrected chi connectivity index (χ0v) is 16.8. The summed E-state index contributed by atoms with van der Waals surface area (Å²) in [5.74, 6) is -1.53. The van der Waals surface area contributed by atoms with E-state index in [2.05, 4.69) is 10.6 Å². The van der Waals surface area contributed by atoms with Crippen LogP contribution in [-0.2, 0) is 25.5 Å². The van der Waals surface area contributed by atoms with E-state index in [-0.39, 0.29) is 41.7 Å². The van der Waals surface area contributed by atoms with Gasteiger partial charge in [0.1, 0.15) is 0 Å². The average molecular weight is 434 g/mol. The second-order valence-corrected chi connectivity index (χ2v) is 6.71. The highest BCUT2D eigenvalue weighted by molar-refractivity contribution is 6.34. The Bertz CT molecular complexity index is 935. The first-order chi connectivity index (χ1) is 14.3. The van der Waals surface area contributed by atoms with Crippen molar-refractivity contribution >= 4 is 40.8 Å². The van der Waals surface area contributed by atoms with Gasteiger partial charge in [-0.15, -0.1) is 0 Å².